The first-order chi connectivity index (χ1) is 18.1. The minimum atomic E-state index is -0.605. The van der Waals surface area contributed by atoms with Crippen LogP contribution in [0.15, 0.2) is 48.5 Å². The topological polar surface area (TPSA) is 113 Å². The molecule has 1 N–H and O–H groups in total. The molecule has 0 bridgehead atoms. The summed E-state index contributed by atoms with van der Waals surface area (Å²) < 4.78 is 5.26. The van der Waals surface area contributed by atoms with Crippen LogP contribution in [0.2, 0.25) is 0 Å². The average Bonchev–Trinajstić information content (AvgIpc) is 3.27. The number of nitrogens with one attached hydrogen (secondary N) is 1. The standard InChI is InChI=1S/C29H33N3O6/c1-29(2,3)38-28(37)30-17-10-12-19(32-26(35)22-15-6-7-16-23(22)27(32)36)11-8-9-18-31-24(33)20-13-4-5-14-21(20)25(31)34/h4-7,13-16,19H,8-12,17-18H2,1-3H3,(H,30,37). The van der Waals surface area contributed by atoms with Gasteiger partial charge in [0.1, 0.15) is 5.60 Å². The SMILES string of the molecule is CC(C)(C)OC(=O)NCCCC(CCCCN1C(=O)c2ccccc2C1=O)N1C(=O)c2ccccc2C1=O. The largest absolute Gasteiger partial charge is 0.444 e. The molecule has 9 heteroatoms. The molecule has 2 aliphatic heterocycles. The average molecular weight is 520 g/mol. The Morgan fingerprint density at radius 1 is 0.763 bits per heavy atom. The first kappa shape index (κ1) is 27.0. The molecular formula is C29H33N3O6. The van der Waals surface area contributed by atoms with Gasteiger partial charge in [-0.3, -0.25) is 29.0 Å². The molecule has 0 aliphatic carbocycles. The highest BCUT2D eigenvalue weighted by Crippen LogP contribution is 2.29. The second-order valence-electron chi connectivity index (χ2n) is 10.6. The van der Waals surface area contributed by atoms with Gasteiger partial charge in [-0.25, -0.2) is 4.79 Å². The number of rotatable bonds is 10. The molecule has 2 aliphatic rings. The van der Waals surface area contributed by atoms with Crippen LogP contribution in [0.4, 0.5) is 4.79 Å². The number of alkyl carbamates (subject to hydrolysis) is 1. The van der Waals surface area contributed by atoms with Crippen molar-refractivity contribution in [2.45, 2.75) is 64.5 Å². The Balaban J connectivity index is 1.36. The molecule has 5 amide bonds. The maximum Gasteiger partial charge on any atom is 0.407 e. The van der Waals surface area contributed by atoms with E-state index in [9.17, 15) is 24.0 Å². The van der Waals surface area contributed by atoms with Crippen molar-refractivity contribution in [3.63, 3.8) is 0 Å². The summed E-state index contributed by atoms with van der Waals surface area (Å²) in [6, 6.07) is 13.2. The third-order valence-corrected chi connectivity index (χ3v) is 6.62. The second kappa shape index (κ2) is 11.2. The van der Waals surface area contributed by atoms with E-state index >= 15 is 0 Å². The highest BCUT2D eigenvalue weighted by Gasteiger charge is 2.39. The van der Waals surface area contributed by atoms with Crippen LogP contribution in [0.25, 0.3) is 0 Å². The fourth-order valence-electron chi connectivity index (χ4n) is 4.88. The predicted molar refractivity (Wildman–Crippen MR) is 140 cm³/mol. The lowest BCUT2D eigenvalue weighted by atomic mass is 10.0. The molecule has 0 saturated heterocycles. The summed E-state index contributed by atoms with van der Waals surface area (Å²) in [6.07, 6.45) is 2.17. The Labute approximate surface area is 222 Å². The number of unbranched alkanes of at least 4 members (excludes halogenated alkanes) is 1. The van der Waals surface area contributed by atoms with Crippen molar-refractivity contribution in [3.05, 3.63) is 70.8 Å². The van der Waals surface area contributed by atoms with E-state index in [2.05, 4.69) is 5.32 Å². The fraction of sp³-hybridized carbons (Fsp3) is 0.414. The monoisotopic (exact) mass is 519 g/mol. The first-order valence-electron chi connectivity index (χ1n) is 13.0. The predicted octanol–water partition coefficient (Wildman–Crippen LogP) is 4.42. The van der Waals surface area contributed by atoms with E-state index in [4.69, 9.17) is 4.74 Å². The molecule has 0 aromatic heterocycles. The Bertz CT molecular complexity index is 1190. The van der Waals surface area contributed by atoms with Gasteiger partial charge >= 0.3 is 6.09 Å². The maximum atomic E-state index is 13.1. The summed E-state index contributed by atoms with van der Waals surface area (Å²) in [5, 5.41) is 2.72. The van der Waals surface area contributed by atoms with Gasteiger partial charge in [-0.05, 0) is 77.1 Å². The van der Waals surface area contributed by atoms with Crippen LogP contribution in [-0.2, 0) is 4.74 Å². The molecule has 0 spiro atoms. The highest BCUT2D eigenvalue weighted by atomic mass is 16.6. The van der Waals surface area contributed by atoms with Crippen molar-refractivity contribution in [3.8, 4) is 0 Å². The zero-order valence-electron chi connectivity index (χ0n) is 22.0. The molecule has 38 heavy (non-hydrogen) atoms. The van der Waals surface area contributed by atoms with Crippen LogP contribution in [0.3, 0.4) is 0 Å². The summed E-state index contributed by atoms with van der Waals surface area (Å²) in [4.78, 5) is 66.1. The molecule has 9 nitrogen and oxygen atoms in total. The Morgan fingerprint density at radius 2 is 1.24 bits per heavy atom. The van der Waals surface area contributed by atoms with Crippen molar-refractivity contribution < 1.29 is 28.7 Å². The third-order valence-electron chi connectivity index (χ3n) is 6.62. The molecule has 4 rings (SSSR count). The van der Waals surface area contributed by atoms with Crippen LogP contribution in [0, 0.1) is 0 Å². The Morgan fingerprint density at radius 3 is 1.74 bits per heavy atom. The van der Waals surface area contributed by atoms with Crippen LogP contribution in [0.5, 0.6) is 0 Å². The molecule has 2 aromatic carbocycles. The van der Waals surface area contributed by atoms with Crippen LogP contribution in [-0.4, -0.2) is 64.3 Å². The van der Waals surface area contributed by atoms with Gasteiger partial charge in [-0.1, -0.05) is 24.3 Å². The molecule has 1 unspecified atom stereocenters. The molecule has 2 heterocycles. The molecule has 0 saturated carbocycles. The number of ether oxygens (including phenoxy) is 1. The summed E-state index contributed by atoms with van der Waals surface area (Å²) in [5.41, 5.74) is 1.00. The number of carbonyl (C=O) groups is 5. The number of hydrogen-bond acceptors (Lipinski definition) is 6. The van der Waals surface area contributed by atoms with Gasteiger partial charge in [0, 0.05) is 19.1 Å². The van der Waals surface area contributed by atoms with Crippen molar-refractivity contribution in [2.75, 3.05) is 13.1 Å². The lowest BCUT2D eigenvalue weighted by Crippen LogP contribution is -2.40. The van der Waals surface area contributed by atoms with Crippen LogP contribution in [0.1, 0.15) is 94.3 Å². The van der Waals surface area contributed by atoms with E-state index in [0.29, 0.717) is 60.9 Å². The number of nitrogens with zero attached hydrogens (tertiary/aromatic N) is 2. The zero-order valence-corrected chi connectivity index (χ0v) is 22.0. The Kier molecular flexibility index (Phi) is 7.94. The molecule has 1 atom stereocenters. The van der Waals surface area contributed by atoms with Gasteiger partial charge < -0.3 is 10.1 Å². The lowest BCUT2D eigenvalue weighted by Gasteiger charge is -2.27. The minimum absolute atomic E-state index is 0.265. The molecular weight excluding hydrogens is 486 g/mol. The number of imide groups is 2. The van der Waals surface area contributed by atoms with Crippen LogP contribution < -0.4 is 5.32 Å². The number of fused-ring (bicyclic) bond motifs is 2. The van der Waals surface area contributed by atoms with Crippen molar-refractivity contribution in [1.29, 1.82) is 0 Å². The quantitative estimate of drug-likeness (QED) is 0.367. The van der Waals surface area contributed by atoms with Gasteiger partial charge in [-0.2, -0.15) is 0 Å². The van der Waals surface area contributed by atoms with Crippen molar-refractivity contribution in [1.82, 2.24) is 15.1 Å². The summed E-state index contributed by atoms with van der Waals surface area (Å²) >= 11 is 0. The molecule has 2 aromatic rings. The number of carbonyl (C=O) groups excluding carboxylic acids is 5. The van der Waals surface area contributed by atoms with Crippen molar-refractivity contribution >= 4 is 29.7 Å². The van der Waals surface area contributed by atoms with Gasteiger partial charge in [0.05, 0.1) is 22.3 Å². The van der Waals surface area contributed by atoms with E-state index < -0.39 is 11.7 Å². The number of benzene rings is 2. The fourth-order valence-corrected chi connectivity index (χ4v) is 4.88. The second-order valence-corrected chi connectivity index (χ2v) is 10.6. The molecule has 0 fully saturated rings. The Hall–Kier alpha value is -4.01. The van der Waals surface area contributed by atoms with Gasteiger partial charge in [0.15, 0.2) is 0 Å². The van der Waals surface area contributed by atoms with E-state index in [0.717, 1.165) is 0 Å². The van der Waals surface area contributed by atoms with Gasteiger partial charge in [0.25, 0.3) is 23.6 Å². The van der Waals surface area contributed by atoms with E-state index in [1.165, 1.54) is 9.80 Å². The smallest absolute Gasteiger partial charge is 0.407 e. The summed E-state index contributed by atoms with van der Waals surface area (Å²) in [7, 11) is 0. The van der Waals surface area contributed by atoms with Crippen molar-refractivity contribution in [2.24, 2.45) is 0 Å². The van der Waals surface area contributed by atoms with Crippen LogP contribution >= 0.6 is 0 Å². The van der Waals surface area contributed by atoms with Gasteiger partial charge in [-0.15, -0.1) is 0 Å². The van der Waals surface area contributed by atoms with E-state index in [-0.39, 0.29) is 36.2 Å². The zero-order chi connectivity index (χ0) is 27.4. The number of hydrogen-bond donors (Lipinski definition) is 1. The number of amides is 5. The third kappa shape index (κ3) is 5.77. The summed E-state index contributed by atoms with van der Waals surface area (Å²) in [6.45, 7) is 5.96. The normalized spacial score (nSPS) is 15.6. The maximum absolute atomic E-state index is 13.1. The molecule has 200 valence electrons. The minimum Gasteiger partial charge on any atom is -0.444 e. The van der Waals surface area contributed by atoms with E-state index in [1.807, 2.05) is 0 Å². The first-order valence-corrected chi connectivity index (χ1v) is 13.0. The summed E-state index contributed by atoms with van der Waals surface area (Å²) in [5.74, 6) is -1.24. The van der Waals surface area contributed by atoms with E-state index in [1.54, 1.807) is 69.3 Å². The highest BCUT2D eigenvalue weighted by molar-refractivity contribution is 6.22. The lowest BCUT2D eigenvalue weighted by molar-refractivity contribution is 0.0507. The molecule has 0 radical (unpaired) electrons. The van der Waals surface area contributed by atoms with Gasteiger partial charge in [0.2, 0.25) is 0 Å².